The Morgan fingerprint density at radius 3 is 2.77 bits per heavy atom. The highest BCUT2D eigenvalue weighted by Gasteiger charge is 2.31. The molecule has 1 aliphatic carbocycles. The van der Waals surface area contributed by atoms with Crippen molar-refractivity contribution < 1.29 is 14.3 Å². The van der Waals surface area contributed by atoms with E-state index in [0.29, 0.717) is 24.8 Å². The number of nitrogens with one attached hydrogen (secondary N) is 2. The monoisotopic (exact) mass is 537 g/mol. The van der Waals surface area contributed by atoms with Gasteiger partial charge in [0.1, 0.15) is 0 Å². The summed E-state index contributed by atoms with van der Waals surface area (Å²) in [6.07, 6.45) is 10.4. The number of aromatic nitrogens is 1. The van der Waals surface area contributed by atoms with Crippen molar-refractivity contribution in [1.29, 1.82) is 5.41 Å². The van der Waals surface area contributed by atoms with Gasteiger partial charge >= 0.3 is 6.17 Å². The molecule has 39 heavy (non-hydrogen) atoms. The molecular weight excluding hydrogens is 492 g/mol. The highest BCUT2D eigenvalue weighted by atomic mass is 16.5. The minimum Gasteiger partial charge on any atom is -0.499 e. The maximum Gasteiger partial charge on any atom is 0.329 e. The van der Waals surface area contributed by atoms with E-state index in [4.69, 9.17) is 26.4 Å². The maximum absolute atomic E-state index is 13.4. The average Bonchev–Trinajstić information content (AvgIpc) is 2.95. The summed E-state index contributed by atoms with van der Waals surface area (Å²) < 4.78 is 11.0. The third-order valence-electron chi connectivity index (χ3n) is 7.67. The summed E-state index contributed by atoms with van der Waals surface area (Å²) in [5.41, 5.74) is 4.02. The van der Waals surface area contributed by atoms with E-state index in [-0.39, 0.29) is 11.9 Å². The van der Waals surface area contributed by atoms with Crippen LogP contribution in [-0.2, 0) is 14.3 Å². The van der Waals surface area contributed by atoms with Crippen LogP contribution < -0.4 is 10.2 Å². The number of aryl methyl sites for hydroxylation is 1. The van der Waals surface area contributed by atoms with Gasteiger partial charge in [-0.05, 0) is 70.2 Å². The van der Waals surface area contributed by atoms with E-state index in [1.54, 1.807) is 18.1 Å². The van der Waals surface area contributed by atoms with Crippen LogP contribution in [0, 0.1) is 24.8 Å². The number of ether oxygens (including phenoxy) is 2. The van der Waals surface area contributed by atoms with Crippen LogP contribution in [0.5, 0.6) is 0 Å². The lowest BCUT2D eigenvalue weighted by Gasteiger charge is -2.36. The Hall–Kier alpha value is -3.06. The largest absolute Gasteiger partial charge is 0.499 e. The summed E-state index contributed by atoms with van der Waals surface area (Å²) in [7, 11) is 1.73. The van der Waals surface area contributed by atoms with E-state index in [0.717, 1.165) is 62.6 Å². The second kappa shape index (κ2) is 14.9. The summed E-state index contributed by atoms with van der Waals surface area (Å²) in [6.45, 7) is 17.6. The Morgan fingerprint density at radius 1 is 1.44 bits per heavy atom. The van der Waals surface area contributed by atoms with Gasteiger partial charge in [0.2, 0.25) is 5.91 Å². The number of rotatable bonds is 12. The summed E-state index contributed by atoms with van der Waals surface area (Å²) >= 11 is 0. The molecule has 0 radical (unpaired) electrons. The minimum absolute atomic E-state index is 0.194. The lowest BCUT2D eigenvalue weighted by molar-refractivity contribution is -0.120. The first-order valence-corrected chi connectivity index (χ1v) is 14.0. The molecule has 9 nitrogen and oxygen atoms in total. The van der Waals surface area contributed by atoms with E-state index in [2.05, 4.69) is 21.1 Å². The van der Waals surface area contributed by atoms with Crippen LogP contribution in [0.15, 0.2) is 30.2 Å². The fraction of sp³-hybridized carbons (Fsp3) is 0.600. The molecule has 1 saturated heterocycles. The molecule has 1 aromatic heterocycles. The lowest BCUT2D eigenvalue weighted by Crippen LogP contribution is -2.47. The number of anilines is 1. The molecule has 2 aliphatic rings. The van der Waals surface area contributed by atoms with Crippen molar-refractivity contribution in [3.8, 4) is 6.57 Å². The second-order valence-electron chi connectivity index (χ2n) is 10.4. The van der Waals surface area contributed by atoms with Crippen LogP contribution in [0.3, 0.4) is 0 Å². The van der Waals surface area contributed by atoms with Gasteiger partial charge in [-0.3, -0.25) is 14.7 Å². The molecule has 2 heterocycles. The van der Waals surface area contributed by atoms with E-state index in [1.165, 1.54) is 11.8 Å². The third-order valence-corrected chi connectivity index (χ3v) is 7.67. The van der Waals surface area contributed by atoms with Crippen molar-refractivity contribution in [1.82, 2.24) is 15.2 Å². The van der Waals surface area contributed by atoms with Crippen LogP contribution in [0.25, 0.3) is 10.4 Å². The van der Waals surface area contributed by atoms with E-state index < -0.39 is 12.1 Å². The van der Waals surface area contributed by atoms with Gasteiger partial charge in [-0.1, -0.05) is 10.9 Å². The van der Waals surface area contributed by atoms with Crippen LogP contribution in [0.2, 0.25) is 0 Å². The topological polar surface area (TPSA) is 95.1 Å². The fourth-order valence-electron chi connectivity index (χ4n) is 5.31. The number of carbonyl (C=O) groups excluding carboxylic acids is 1. The molecule has 0 bridgehead atoms. The van der Waals surface area contributed by atoms with Gasteiger partial charge in [0, 0.05) is 38.4 Å². The molecule has 1 aliphatic heterocycles. The molecule has 1 fully saturated rings. The Morgan fingerprint density at radius 2 is 2.18 bits per heavy atom. The number of pyridine rings is 1. The summed E-state index contributed by atoms with van der Waals surface area (Å²) in [6, 6.07) is 2.23. The van der Waals surface area contributed by atoms with E-state index in [9.17, 15) is 4.79 Å². The highest BCUT2D eigenvalue weighted by molar-refractivity contribution is 6.03. The smallest absolute Gasteiger partial charge is 0.329 e. The van der Waals surface area contributed by atoms with Gasteiger partial charge in [-0.15, -0.1) is 0 Å². The van der Waals surface area contributed by atoms with Crippen LogP contribution >= 0.6 is 0 Å². The molecule has 2 N–H and O–H groups in total. The number of amides is 1. The third kappa shape index (κ3) is 8.21. The number of carbonyl (C=O) groups is 1. The molecule has 1 aromatic rings. The Balaban J connectivity index is 1.63. The van der Waals surface area contributed by atoms with Crippen molar-refractivity contribution >= 4 is 23.4 Å². The molecule has 0 aromatic carbocycles. The molecule has 212 valence electrons. The van der Waals surface area contributed by atoms with Crippen molar-refractivity contribution in [3.05, 3.63) is 46.3 Å². The average molecular weight is 538 g/mol. The number of nitrogens with zero attached hydrogens (tertiary/aromatic N) is 4. The zero-order chi connectivity index (χ0) is 28.4. The quantitative estimate of drug-likeness (QED) is 0.302. The summed E-state index contributed by atoms with van der Waals surface area (Å²) in [5, 5.41) is 11.2. The number of hydrogen-bond donors (Lipinski definition) is 2. The van der Waals surface area contributed by atoms with Gasteiger partial charge in [0.15, 0.2) is 0 Å². The SMILES string of the molecule is C#[N+]C(C/C=C(\C)OCC)NC(C)C(C=N)C(=O)N(C)c1cnc(C2=CCC(N3CCOCC3)CC2)c(C)c1. The molecule has 1 amide bonds. The summed E-state index contributed by atoms with van der Waals surface area (Å²) in [5.74, 6) is -0.0809. The Bertz CT molecular complexity index is 1090. The Labute approximate surface area is 233 Å². The standard InChI is InChI=1S/C30H45N6O3/c1-7-39-22(3)8-13-28(32-5)34-23(4)27(19-31)30(37)35(6)26-18-21(2)29(33-20-26)24-9-11-25(12-10-24)36-14-16-38-17-15-36/h5,8-9,18-20,23,25,27-28,31,34H,7,10-17H2,1-4,6H3/q+1/b22-8+,31-19?. The van der Waals surface area contributed by atoms with E-state index in [1.807, 2.05) is 39.8 Å². The zero-order valence-electron chi connectivity index (χ0n) is 24.2. The van der Waals surface area contributed by atoms with Crippen molar-refractivity contribution in [2.75, 3.05) is 44.9 Å². The predicted molar refractivity (Wildman–Crippen MR) is 157 cm³/mol. The molecule has 0 spiro atoms. The summed E-state index contributed by atoms with van der Waals surface area (Å²) in [4.78, 5) is 26.2. The van der Waals surface area contributed by atoms with Crippen LogP contribution in [0.1, 0.15) is 57.7 Å². The predicted octanol–water partition coefficient (Wildman–Crippen LogP) is 4.48. The zero-order valence-corrected chi connectivity index (χ0v) is 24.2. The molecule has 0 saturated carbocycles. The van der Waals surface area contributed by atoms with Crippen LogP contribution in [0.4, 0.5) is 5.69 Å². The molecule has 3 rings (SSSR count). The van der Waals surface area contributed by atoms with Gasteiger partial charge in [0.25, 0.3) is 6.57 Å². The van der Waals surface area contributed by atoms with Gasteiger partial charge < -0.3 is 19.8 Å². The fourth-order valence-corrected chi connectivity index (χ4v) is 5.31. The molecular formula is C30H45N6O3+. The number of hydrogen-bond acceptors (Lipinski definition) is 7. The molecule has 4 unspecified atom stereocenters. The van der Waals surface area contributed by atoms with Gasteiger partial charge in [-0.25, -0.2) is 5.32 Å². The van der Waals surface area contributed by atoms with E-state index >= 15 is 0 Å². The first-order chi connectivity index (χ1) is 18.8. The highest BCUT2D eigenvalue weighted by Crippen LogP contribution is 2.31. The first-order valence-electron chi connectivity index (χ1n) is 14.0. The van der Waals surface area contributed by atoms with Gasteiger partial charge in [0.05, 0.1) is 55.5 Å². The number of morpholine rings is 1. The normalized spacial score (nSPS) is 20.8. The lowest BCUT2D eigenvalue weighted by atomic mass is 9.90. The van der Waals surface area contributed by atoms with Gasteiger partial charge in [-0.2, -0.15) is 0 Å². The first kappa shape index (κ1) is 30.5. The minimum atomic E-state index is -0.686. The second-order valence-corrected chi connectivity index (χ2v) is 10.4. The van der Waals surface area contributed by atoms with Crippen molar-refractivity contribution in [2.45, 2.75) is 71.6 Å². The Kier molecular flexibility index (Phi) is 11.7. The van der Waals surface area contributed by atoms with Crippen molar-refractivity contribution in [2.24, 2.45) is 5.92 Å². The van der Waals surface area contributed by atoms with Crippen LogP contribution in [-0.4, -0.2) is 80.2 Å². The molecule has 4 atom stereocenters. The van der Waals surface area contributed by atoms with Crippen molar-refractivity contribution in [3.63, 3.8) is 0 Å². The maximum atomic E-state index is 13.4. The number of allylic oxidation sites excluding steroid dienone is 2. The molecule has 9 heteroatoms.